The molecule has 1 amide bonds. The van der Waals surface area contributed by atoms with Gasteiger partial charge in [0, 0.05) is 11.4 Å². The standard InChI is InChI=1S/C18H21N5OS2/c1-12-6-4-7-13(2)16(12)23-18(20-21-22-23)26-14(3)17(24)19-10-9-15-8-5-11-25-15/h4-8,11,14H,9-10H2,1-3H3,(H,19,24). The normalized spacial score (nSPS) is 12.1. The van der Waals surface area contributed by atoms with E-state index in [0.29, 0.717) is 11.7 Å². The third-order valence-corrected chi connectivity index (χ3v) is 5.96. The molecule has 0 spiro atoms. The fourth-order valence-electron chi connectivity index (χ4n) is 2.65. The van der Waals surface area contributed by atoms with Crippen molar-refractivity contribution in [1.82, 2.24) is 25.5 Å². The number of carbonyl (C=O) groups excluding carboxylic acids is 1. The number of aromatic nitrogens is 4. The number of carbonyl (C=O) groups is 1. The predicted molar refractivity (Wildman–Crippen MR) is 105 cm³/mol. The number of nitrogens with zero attached hydrogens (tertiary/aromatic N) is 4. The topological polar surface area (TPSA) is 72.7 Å². The summed E-state index contributed by atoms with van der Waals surface area (Å²) in [6, 6.07) is 10.2. The van der Waals surface area contributed by atoms with E-state index in [1.54, 1.807) is 16.0 Å². The van der Waals surface area contributed by atoms with Crippen molar-refractivity contribution in [3.8, 4) is 5.69 Å². The van der Waals surface area contributed by atoms with Gasteiger partial charge < -0.3 is 5.32 Å². The molecule has 3 aromatic rings. The monoisotopic (exact) mass is 387 g/mol. The quantitative estimate of drug-likeness (QED) is 0.631. The molecule has 0 aliphatic heterocycles. The number of rotatable bonds is 7. The van der Waals surface area contributed by atoms with Crippen LogP contribution in [0.2, 0.25) is 0 Å². The number of hydrogen-bond donors (Lipinski definition) is 1. The molecule has 2 aromatic heterocycles. The van der Waals surface area contributed by atoms with Gasteiger partial charge in [-0.2, -0.15) is 4.68 Å². The minimum atomic E-state index is -0.285. The van der Waals surface area contributed by atoms with E-state index in [-0.39, 0.29) is 11.2 Å². The first-order chi connectivity index (χ1) is 12.6. The number of amides is 1. The van der Waals surface area contributed by atoms with Crippen LogP contribution in [-0.2, 0) is 11.2 Å². The van der Waals surface area contributed by atoms with E-state index in [1.807, 2.05) is 50.4 Å². The number of benzene rings is 1. The van der Waals surface area contributed by atoms with Gasteiger partial charge in [0.05, 0.1) is 10.9 Å². The lowest BCUT2D eigenvalue weighted by Crippen LogP contribution is -2.32. The number of thiophene rings is 1. The van der Waals surface area contributed by atoms with Crippen LogP contribution in [0.3, 0.4) is 0 Å². The van der Waals surface area contributed by atoms with Crippen LogP contribution in [0.25, 0.3) is 5.69 Å². The maximum atomic E-state index is 12.4. The van der Waals surface area contributed by atoms with Crippen molar-refractivity contribution in [2.45, 2.75) is 37.6 Å². The molecule has 3 rings (SSSR count). The molecule has 0 radical (unpaired) electrons. The molecule has 0 saturated carbocycles. The summed E-state index contributed by atoms with van der Waals surface area (Å²) in [4.78, 5) is 13.6. The minimum absolute atomic E-state index is 0.0115. The van der Waals surface area contributed by atoms with E-state index in [0.717, 1.165) is 23.2 Å². The van der Waals surface area contributed by atoms with Crippen molar-refractivity contribution in [3.05, 3.63) is 51.7 Å². The molecule has 0 aliphatic carbocycles. The van der Waals surface area contributed by atoms with Crippen LogP contribution in [-0.4, -0.2) is 37.9 Å². The molecule has 0 aliphatic rings. The molecule has 1 aromatic carbocycles. The fourth-order valence-corrected chi connectivity index (χ4v) is 4.18. The van der Waals surface area contributed by atoms with Gasteiger partial charge in [0.15, 0.2) is 0 Å². The SMILES string of the molecule is Cc1cccc(C)c1-n1nnnc1SC(C)C(=O)NCCc1cccs1. The fraction of sp³-hybridized carbons (Fsp3) is 0.333. The van der Waals surface area contributed by atoms with Gasteiger partial charge in [0.25, 0.3) is 0 Å². The van der Waals surface area contributed by atoms with E-state index >= 15 is 0 Å². The van der Waals surface area contributed by atoms with Crippen LogP contribution in [0, 0.1) is 13.8 Å². The van der Waals surface area contributed by atoms with Crippen molar-refractivity contribution in [2.24, 2.45) is 0 Å². The van der Waals surface area contributed by atoms with Gasteiger partial charge in [-0.3, -0.25) is 4.79 Å². The van der Waals surface area contributed by atoms with Crippen LogP contribution < -0.4 is 5.32 Å². The Morgan fingerprint density at radius 1 is 1.27 bits per heavy atom. The molecular formula is C18H21N5OS2. The Labute approximate surface area is 161 Å². The summed E-state index contributed by atoms with van der Waals surface area (Å²) >= 11 is 3.07. The number of tetrazole rings is 1. The Hall–Kier alpha value is -2.19. The molecule has 6 nitrogen and oxygen atoms in total. The molecule has 136 valence electrons. The zero-order valence-electron chi connectivity index (χ0n) is 15.0. The van der Waals surface area contributed by atoms with Crippen LogP contribution in [0.1, 0.15) is 22.9 Å². The summed E-state index contributed by atoms with van der Waals surface area (Å²) in [5.74, 6) is -0.0115. The van der Waals surface area contributed by atoms with Crippen LogP contribution in [0.5, 0.6) is 0 Å². The molecule has 0 bridgehead atoms. The highest BCUT2D eigenvalue weighted by molar-refractivity contribution is 8.00. The van der Waals surface area contributed by atoms with E-state index < -0.39 is 0 Å². The van der Waals surface area contributed by atoms with Crippen molar-refractivity contribution < 1.29 is 4.79 Å². The Morgan fingerprint density at radius 3 is 2.73 bits per heavy atom. The molecule has 1 atom stereocenters. The third kappa shape index (κ3) is 4.31. The first kappa shape index (κ1) is 18.6. The Balaban J connectivity index is 1.64. The summed E-state index contributed by atoms with van der Waals surface area (Å²) in [5.41, 5.74) is 3.14. The highest BCUT2D eigenvalue weighted by Gasteiger charge is 2.20. The van der Waals surface area contributed by atoms with Gasteiger partial charge in [-0.15, -0.1) is 16.4 Å². The Bertz CT molecular complexity index is 855. The number of para-hydroxylation sites is 1. The van der Waals surface area contributed by atoms with Gasteiger partial charge in [-0.25, -0.2) is 0 Å². The van der Waals surface area contributed by atoms with Crippen LogP contribution in [0.15, 0.2) is 40.9 Å². The summed E-state index contributed by atoms with van der Waals surface area (Å²) in [7, 11) is 0. The molecule has 8 heteroatoms. The lowest BCUT2D eigenvalue weighted by molar-refractivity contribution is -0.120. The molecule has 2 heterocycles. The number of aryl methyl sites for hydroxylation is 2. The molecule has 26 heavy (non-hydrogen) atoms. The predicted octanol–water partition coefficient (Wildman–Crippen LogP) is 3.18. The van der Waals surface area contributed by atoms with Crippen molar-refractivity contribution in [3.63, 3.8) is 0 Å². The van der Waals surface area contributed by atoms with Gasteiger partial charge in [0.2, 0.25) is 11.1 Å². The van der Waals surface area contributed by atoms with Gasteiger partial charge in [-0.1, -0.05) is 36.0 Å². The second kappa shape index (κ2) is 8.46. The van der Waals surface area contributed by atoms with Crippen molar-refractivity contribution in [2.75, 3.05) is 6.54 Å². The van der Waals surface area contributed by atoms with E-state index in [4.69, 9.17) is 0 Å². The smallest absolute Gasteiger partial charge is 0.233 e. The van der Waals surface area contributed by atoms with Gasteiger partial charge in [0.1, 0.15) is 0 Å². The average molecular weight is 388 g/mol. The highest BCUT2D eigenvalue weighted by atomic mass is 32.2. The zero-order chi connectivity index (χ0) is 18.5. The summed E-state index contributed by atoms with van der Waals surface area (Å²) in [6.45, 7) is 6.55. The summed E-state index contributed by atoms with van der Waals surface area (Å²) < 4.78 is 1.71. The number of hydrogen-bond acceptors (Lipinski definition) is 6. The average Bonchev–Trinajstić information content (AvgIpc) is 3.27. The first-order valence-corrected chi connectivity index (χ1v) is 10.1. The van der Waals surface area contributed by atoms with Crippen LogP contribution >= 0.6 is 23.1 Å². The van der Waals surface area contributed by atoms with E-state index in [1.165, 1.54) is 16.6 Å². The van der Waals surface area contributed by atoms with E-state index in [2.05, 4.69) is 26.9 Å². The Morgan fingerprint density at radius 2 is 2.04 bits per heavy atom. The van der Waals surface area contributed by atoms with E-state index in [9.17, 15) is 4.79 Å². The lowest BCUT2D eigenvalue weighted by Gasteiger charge is -2.13. The molecule has 0 saturated heterocycles. The largest absolute Gasteiger partial charge is 0.355 e. The second-order valence-electron chi connectivity index (χ2n) is 5.99. The second-order valence-corrected chi connectivity index (χ2v) is 8.33. The third-order valence-electron chi connectivity index (χ3n) is 3.99. The molecular weight excluding hydrogens is 366 g/mol. The van der Waals surface area contributed by atoms with Crippen molar-refractivity contribution in [1.29, 1.82) is 0 Å². The molecule has 1 unspecified atom stereocenters. The minimum Gasteiger partial charge on any atom is -0.355 e. The van der Waals surface area contributed by atoms with Crippen molar-refractivity contribution >= 4 is 29.0 Å². The summed E-state index contributed by atoms with van der Waals surface area (Å²) in [5, 5.41) is 17.4. The number of thioether (sulfide) groups is 1. The van der Waals surface area contributed by atoms with Gasteiger partial charge in [-0.05, 0) is 60.2 Å². The first-order valence-electron chi connectivity index (χ1n) is 8.38. The number of nitrogens with one attached hydrogen (secondary N) is 1. The maximum Gasteiger partial charge on any atom is 0.233 e. The lowest BCUT2D eigenvalue weighted by atomic mass is 10.1. The zero-order valence-corrected chi connectivity index (χ0v) is 16.6. The Kier molecular flexibility index (Phi) is 6.05. The molecule has 0 fully saturated rings. The summed E-state index contributed by atoms with van der Waals surface area (Å²) in [6.07, 6.45) is 0.848. The molecule has 1 N–H and O–H groups in total. The van der Waals surface area contributed by atoms with Gasteiger partial charge >= 0.3 is 0 Å². The highest BCUT2D eigenvalue weighted by Crippen LogP contribution is 2.26. The maximum absolute atomic E-state index is 12.4. The van der Waals surface area contributed by atoms with Crippen LogP contribution in [0.4, 0.5) is 0 Å².